The second-order valence-corrected chi connectivity index (χ2v) is 4.82. The molecule has 0 amide bonds. The zero-order valence-electron chi connectivity index (χ0n) is 11.7. The maximum absolute atomic E-state index is 10.8. The van der Waals surface area contributed by atoms with Crippen LogP contribution in [0.4, 0.5) is 0 Å². The predicted octanol–water partition coefficient (Wildman–Crippen LogP) is 3.94. The molecule has 2 aromatic carbocycles. The highest BCUT2D eigenvalue weighted by molar-refractivity contribution is 5.72. The van der Waals surface area contributed by atoms with Crippen LogP contribution < -0.4 is 4.74 Å². The van der Waals surface area contributed by atoms with Gasteiger partial charge in [-0.25, -0.2) is 0 Å². The molecule has 3 nitrogen and oxygen atoms in total. The first-order chi connectivity index (χ1) is 9.61. The van der Waals surface area contributed by atoms with Crippen molar-refractivity contribution >= 4 is 5.97 Å². The summed E-state index contributed by atoms with van der Waals surface area (Å²) in [6.45, 7) is 1.93. The number of rotatable bonds is 5. The number of aliphatic carboxylic acids is 1. The fourth-order valence-corrected chi connectivity index (χ4v) is 2.28. The topological polar surface area (TPSA) is 46.5 Å². The second-order valence-electron chi connectivity index (χ2n) is 4.82. The zero-order valence-corrected chi connectivity index (χ0v) is 11.7. The highest BCUT2D eigenvalue weighted by Crippen LogP contribution is 2.31. The van der Waals surface area contributed by atoms with E-state index in [0.29, 0.717) is 0 Å². The third kappa shape index (κ3) is 3.18. The molecule has 3 heteroatoms. The molecule has 0 aliphatic rings. The van der Waals surface area contributed by atoms with E-state index < -0.39 is 5.97 Å². The Balaban J connectivity index is 2.36. The zero-order chi connectivity index (χ0) is 14.5. The van der Waals surface area contributed by atoms with Crippen molar-refractivity contribution in [2.24, 2.45) is 0 Å². The van der Waals surface area contributed by atoms with E-state index >= 15 is 0 Å². The Kier molecular flexibility index (Phi) is 4.41. The van der Waals surface area contributed by atoms with Crippen LogP contribution in [0.3, 0.4) is 0 Å². The first-order valence-electron chi connectivity index (χ1n) is 6.57. The van der Waals surface area contributed by atoms with E-state index in [9.17, 15) is 4.79 Å². The molecule has 0 spiro atoms. The van der Waals surface area contributed by atoms with Gasteiger partial charge in [-0.05, 0) is 23.1 Å². The van der Waals surface area contributed by atoms with Crippen molar-refractivity contribution < 1.29 is 14.6 Å². The van der Waals surface area contributed by atoms with E-state index in [1.807, 2.05) is 55.5 Å². The lowest BCUT2D eigenvalue weighted by atomic mass is 9.94. The molecule has 1 atom stereocenters. The van der Waals surface area contributed by atoms with Crippen LogP contribution in [-0.2, 0) is 4.79 Å². The van der Waals surface area contributed by atoms with Crippen molar-refractivity contribution in [1.29, 1.82) is 0 Å². The van der Waals surface area contributed by atoms with E-state index in [0.717, 1.165) is 22.4 Å². The second kappa shape index (κ2) is 6.24. The Labute approximate surface area is 118 Å². The molecule has 0 saturated carbocycles. The van der Waals surface area contributed by atoms with Gasteiger partial charge in [0, 0.05) is 5.56 Å². The molecule has 1 N–H and O–H groups in total. The van der Waals surface area contributed by atoms with Gasteiger partial charge in [0.25, 0.3) is 0 Å². The van der Waals surface area contributed by atoms with Gasteiger partial charge in [0.1, 0.15) is 5.75 Å². The lowest BCUT2D eigenvalue weighted by Crippen LogP contribution is -2.02. The number of para-hydroxylation sites is 1. The van der Waals surface area contributed by atoms with E-state index in [1.165, 1.54) is 0 Å². The third-order valence-corrected chi connectivity index (χ3v) is 3.35. The number of carboxylic acids is 1. The van der Waals surface area contributed by atoms with Gasteiger partial charge >= 0.3 is 5.97 Å². The van der Waals surface area contributed by atoms with E-state index in [1.54, 1.807) is 7.11 Å². The summed E-state index contributed by atoms with van der Waals surface area (Å²) in [5.41, 5.74) is 3.08. The molecule has 0 aromatic heterocycles. The largest absolute Gasteiger partial charge is 0.496 e. The minimum Gasteiger partial charge on any atom is -0.496 e. The lowest BCUT2D eigenvalue weighted by Gasteiger charge is -2.13. The molecular weight excluding hydrogens is 252 g/mol. The molecule has 20 heavy (non-hydrogen) atoms. The number of carbonyl (C=O) groups is 1. The first kappa shape index (κ1) is 14.1. The minimum absolute atomic E-state index is 0.0119. The first-order valence-corrected chi connectivity index (χ1v) is 6.57. The van der Waals surface area contributed by atoms with Crippen LogP contribution in [0.15, 0.2) is 48.5 Å². The number of methoxy groups -OCH3 is 1. The molecule has 0 heterocycles. The molecule has 0 bridgehead atoms. The van der Waals surface area contributed by atoms with Gasteiger partial charge in [0.15, 0.2) is 0 Å². The molecule has 104 valence electrons. The maximum atomic E-state index is 10.8. The van der Waals surface area contributed by atoms with Crippen molar-refractivity contribution in [3.05, 3.63) is 54.1 Å². The smallest absolute Gasteiger partial charge is 0.303 e. The van der Waals surface area contributed by atoms with E-state index in [2.05, 4.69) is 0 Å². The Morgan fingerprint density at radius 1 is 1.20 bits per heavy atom. The molecular formula is C17H18O3. The maximum Gasteiger partial charge on any atom is 0.303 e. The normalized spacial score (nSPS) is 11.9. The number of carboxylic acid groups (broad SMARTS) is 1. The Bertz CT molecular complexity index is 605. The van der Waals surface area contributed by atoms with Crippen molar-refractivity contribution in [2.45, 2.75) is 19.3 Å². The summed E-state index contributed by atoms with van der Waals surface area (Å²) in [6.07, 6.45) is 0.134. The van der Waals surface area contributed by atoms with Gasteiger partial charge in [-0.3, -0.25) is 4.79 Å². The Morgan fingerprint density at radius 2 is 1.95 bits per heavy atom. The fourth-order valence-electron chi connectivity index (χ4n) is 2.28. The summed E-state index contributed by atoms with van der Waals surface area (Å²) >= 11 is 0. The van der Waals surface area contributed by atoms with E-state index in [4.69, 9.17) is 9.84 Å². The van der Waals surface area contributed by atoms with Gasteiger partial charge in [0.05, 0.1) is 13.5 Å². The predicted molar refractivity (Wildman–Crippen MR) is 79.1 cm³/mol. The van der Waals surface area contributed by atoms with Crippen LogP contribution in [0.1, 0.15) is 24.8 Å². The van der Waals surface area contributed by atoms with Gasteiger partial charge in [0.2, 0.25) is 0 Å². The molecule has 1 unspecified atom stereocenters. The molecule has 0 saturated heterocycles. The fraction of sp³-hybridized carbons (Fsp3) is 0.235. The molecule has 0 aliphatic heterocycles. The number of hydrogen-bond acceptors (Lipinski definition) is 2. The van der Waals surface area contributed by atoms with Gasteiger partial charge in [-0.15, -0.1) is 0 Å². The lowest BCUT2D eigenvalue weighted by molar-refractivity contribution is -0.137. The summed E-state index contributed by atoms with van der Waals surface area (Å²) in [5, 5.41) is 8.89. The van der Waals surface area contributed by atoms with E-state index in [-0.39, 0.29) is 12.3 Å². The highest BCUT2D eigenvalue weighted by Gasteiger charge is 2.12. The van der Waals surface area contributed by atoms with Crippen LogP contribution in [0.2, 0.25) is 0 Å². The van der Waals surface area contributed by atoms with Crippen LogP contribution in [-0.4, -0.2) is 18.2 Å². The van der Waals surface area contributed by atoms with Crippen molar-refractivity contribution in [3.63, 3.8) is 0 Å². The Morgan fingerprint density at radius 3 is 2.65 bits per heavy atom. The summed E-state index contributed by atoms with van der Waals surface area (Å²) in [7, 11) is 1.65. The highest BCUT2D eigenvalue weighted by atomic mass is 16.5. The average Bonchev–Trinajstić information content (AvgIpc) is 2.46. The van der Waals surface area contributed by atoms with Crippen LogP contribution in [0.5, 0.6) is 5.75 Å². The average molecular weight is 270 g/mol. The SMILES string of the molecule is COc1ccccc1-c1cccc(C(C)CC(=O)O)c1. The molecule has 2 rings (SSSR count). The van der Waals surface area contributed by atoms with Gasteiger partial charge in [-0.1, -0.05) is 49.4 Å². The van der Waals surface area contributed by atoms with Crippen LogP contribution in [0.25, 0.3) is 11.1 Å². The van der Waals surface area contributed by atoms with Gasteiger partial charge < -0.3 is 9.84 Å². The monoisotopic (exact) mass is 270 g/mol. The number of benzene rings is 2. The molecule has 0 aliphatic carbocycles. The molecule has 0 fully saturated rings. The van der Waals surface area contributed by atoms with Crippen molar-refractivity contribution in [2.75, 3.05) is 7.11 Å². The number of ether oxygens (including phenoxy) is 1. The number of hydrogen-bond donors (Lipinski definition) is 1. The van der Waals surface area contributed by atoms with Gasteiger partial charge in [-0.2, -0.15) is 0 Å². The Hall–Kier alpha value is -2.29. The summed E-state index contributed by atoms with van der Waals surface area (Å²) < 4.78 is 5.37. The standard InChI is InChI=1S/C17H18O3/c1-12(10-17(18)19)13-6-5-7-14(11-13)15-8-3-4-9-16(15)20-2/h3-9,11-12H,10H2,1-2H3,(H,18,19). The summed E-state index contributed by atoms with van der Waals surface area (Å²) in [6, 6.07) is 15.8. The summed E-state index contributed by atoms with van der Waals surface area (Å²) in [5.74, 6) is 0.0258. The van der Waals surface area contributed by atoms with Crippen LogP contribution >= 0.6 is 0 Å². The quantitative estimate of drug-likeness (QED) is 0.895. The van der Waals surface area contributed by atoms with Crippen molar-refractivity contribution in [1.82, 2.24) is 0 Å². The minimum atomic E-state index is -0.778. The van der Waals surface area contributed by atoms with Crippen molar-refractivity contribution in [3.8, 4) is 16.9 Å². The third-order valence-electron chi connectivity index (χ3n) is 3.35. The van der Waals surface area contributed by atoms with Crippen LogP contribution in [0, 0.1) is 0 Å². The molecule has 0 radical (unpaired) electrons. The molecule has 2 aromatic rings. The summed E-state index contributed by atoms with van der Waals surface area (Å²) in [4.78, 5) is 10.8.